The van der Waals surface area contributed by atoms with E-state index in [1.807, 2.05) is 24.3 Å². The van der Waals surface area contributed by atoms with Crippen molar-refractivity contribution >= 4 is 11.9 Å². The Kier molecular flexibility index (Phi) is 4.51. The van der Waals surface area contributed by atoms with Gasteiger partial charge in [-0.15, -0.1) is 0 Å². The van der Waals surface area contributed by atoms with Gasteiger partial charge in [-0.3, -0.25) is 9.59 Å². The molecule has 0 aromatic heterocycles. The van der Waals surface area contributed by atoms with Gasteiger partial charge in [0.05, 0.1) is 0 Å². The molecule has 0 saturated heterocycles. The van der Waals surface area contributed by atoms with E-state index in [0.29, 0.717) is 6.54 Å². The van der Waals surface area contributed by atoms with Gasteiger partial charge < -0.3 is 10.4 Å². The summed E-state index contributed by atoms with van der Waals surface area (Å²) < 4.78 is 0. The number of nitrogens with one attached hydrogen (secondary N) is 1. The zero-order valence-corrected chi connectivity index (χ0v) is 9.19. The van der Waals surface area contributed by atoms with Crippen molar-refractivity contribution in [1.29, 1.82) is 0 Å². The van der Waals surface area contributed by atoms with Crippen molar-refractivity contribution in [2.45, 2.75) is 26.3 Å². The lowest BCUT2D eigenvalue weighted by Gasteiger charge is -2.04. The van der Waals surface area contributed by atoms with Crippen LogP contribution in [0.3, 0.4) is 0 Å². The lowest BCUT2D eigenvalue weighted by Crippen LogP contribution is -2.24. The van der Waals surface area contributed by atoms with E-state index in [4.69, 9.17) is 5.11 Å². The molecule has 0 heterocycles. The van der Waals surface area contributed by atoms with E-state index in [-0.39, 0.29) is 0 Å². The van der Waals surface area contributed by atoms with Gasteiger partial charge in [0.1, 0.15) is 6.42 Å². The van der Waals surface area contributed by atoms with Crippen LogP contribution in [0.15, 0.2) is 24.3 Å². The van der Waals surface area contributed by atoms with Crippen molar-refractivity contribution in [2.75, 3.05) is 0 Å². The highest BCUT2D eigenvalue weighted by atomic mass is 16.4. The molecule has 0 bridgehead atoms. The van der Waals surface area contributed by atoms with Gasteiger partial charge in [-0.25, -0.2) is 0 Å². The molecule has 0 unspecified atom stereocenters. The zero-order valence-electron chi connectivity index (χ0n) is 9.19. The summed E-state index contributed by atoms with van der Waals surface area (Å²) in [5.74, 6) is -1.58. The second-order valence-electron chi connectivity index (χ2n) is 3.52. The molecule has 1 aromatic carbocycles. The maximum absolute atomic E-state index is 11.1. The first kappa shape index (κ1) is 12.2. The van der Waals surface area contributed by atoms with E-state index in [1.165, 1.54) is 5.56 Å². The molecule has 1 amide bonds. The Hall–Kier alpha value is -1.84. The Labute approximate surface area is 94.3 Å². The predicted molar refractivity (Wildman–Crippen MR) is 59.9 cm³/mol. The molecule has 1 rings (SSSR count). The first-order valence-electron chi connectivity index (χ1n) is 5.18. The van der Waals surface area contributed by atoms with Crippen molar-refractivity contribution in [3.63, 3.8) is 0 Å². The molecular weight excluding hydrogens is 206 g/mol. The van der Waals surface area contributed by atoms with Gasteiger partial charge in [-0.2, -0.15) is 0 Å². The fourth-order valence-corrected chi connectivity index (χ4v) is 1.29. The van der Waals surface area contributed by atoms with Gasteiger partial charge in [0, 0.05) is 6.54 Å². The highest BCUT2D eigenvalue weighted by molar-refractivity contribution is 5.93. The summed E-state index contributed by atoms with van der Waals surface area (Å²) in [5.41, 5.74) is 2.21. The molecule has 0 aliphatic carbocycles. The van der Waals surface area contributed by atoms with E-state index in [9.17, 15) is 9.59 Å². The van der Waals surface area contributed by atoms with Crippen LogP contribution in [0.1, 0.15) is 24.5 Å². The van der Waals surface area contributed by atoms with Crippen LogP contribution in [0.2, 0.25) is 0 Å². The van der Waals surface area contributed by atoms with Crippen molar-refractivity contribution in [2.24, 2.45) is 0 Å². The largest absolute Gasteiger partial charge is 0.481 e. The highest BCUT2D eigenvalue weighted by Gasteiger charge is 2.06. The topological polar surface area (TPSA) is 66.4 Å². The molecule has 4 heteroatoms. The standard InChI is InChI=1S/C12H15NO3/c1-2-9-3-5-10(6-4-9)8-13-11(14)7-12(15)16/h3-6H,2,7-8H2,1H3,(H,13,14)(H,15,16). The Bertz CT molecular complexity index is 370. The molecule has 0 atom stereocenters. The second-order valence-corrected chi connectivity index (χ2v) is 3.52. The lowest BCUT2D eigenvalue weighted by molar-refractivity contribution is -0.140. The smallest absolute Gasteiger partial charge is 0.312 e. The fourth-order valence-electron chi connectivity index (χ4n) is 1.29. The zero-order chi connectivity index (χ0) is 12.0. The van der Waals surface area contributed by atoms with Gasteiger partial charge in [-0.05, 0) is 17.5 Å². The van der Waals surface area contributed by atoms with Crippen LogP contribution in [0, 0.1) is 0 Å². The molecule has 0 saturated carbocycles. The molecule has 0 fully saturated rings. The maximum Gasteiger partial charge on any atom is 0.312 e. The number of carboxylic acid groups (broad SMARTS) is 1. The number of carbonyl (C=O) groups is 2. The quantitative estimate of drug-likeness (QED) is 0.737. The van der Waals surface area contributed by atoms with Crippen LogP contribution < -0.4 is 5.32 Å². The van der Waals surface area contributed by atoms with E-state index >= 15 is 0 Å². The van der Waals surface area contributed by atoms with Gasteiger partial charge in [0.25, 0.3) is 0 Å². The third kappa shape index (κ3) is 4.13. The summed E-state index contributed by atoms with van der Waals surface area (Å²) in [7, 11) is 0. The van der Waals surface area contributed by atoms with E-state index in [2.05, 4.69) is 12.2 Å². The molecule has 86 valence electrons. The number of benzene rings is 1. The normalized spacial score (nSPS) is 9.81. The first-order chi connectivity index (χ1) is 7.61. The number of aryl methyl sites for hydroxylation is 1. The van der Waals surface area contributed by atoms with Crippen LogP contribution in [0.25, 0.3) is 0 Å². The van der Waals surface area contributed by atoms with Crippen LogP contribution in [0.4, 0.5) is 0 Å². The maximum atomic E-state index is 11.1. The highest BCUT2D eigenvalue weighted by Crippen LogP contribution is 2.04. The Balaban J connectivity index is 2.42. The van der Waals surface area contributed by atoms with Crippen LogP contribution in [-0.4, -0.2) is 17.0 Å². The molecule has 0 aliphatic heterocycles. The van der Waals surface area contributed by atoms with Crippen molar-refractivity contribution in [1.82, 2.24) is 5.32 Å². The van der Waals surface area contributed by atoms with E-state index in [1.54, 1.807) is 0 Å². The Morgan fingerprint density at radius 2 is 1.75 bits per heavy atom. The molecule has 16 heavy (non-hydrogen) atoms. The minimum atomic E-state index is -1.11. The van der Waals surface area contributed by atoms with Crippen molar-refractivity contribution in [3.05, 3.63) is 35.4 Å². The minimum absolute atomic E-state index is 0.371. The lowest BCUT2D eigenvalue weighted by atomic mass is 10.1. The minimum Gasteiger partial charge on any atom is -0.481 e. The van der Waals surface area contributed by atoms with Crippen LogP contribution in [0.5, 0.6) is 0 Å². The van der Waals surface area contributed by atoms with Crippen molar-refractivity contribution in [3.8, 4) is 0 Å². The molecule has 0 spiro atoms. The van der Waals surface area contributed by atoms with E-state index < -0.39 is 18.3 Å². The van der Waals surface area contributed by atoms with E-state index in [0.717, 1.165) is 12.0 Å². The molecule has 1 aromatic rings. The molecule has 4 nitrogen and oxygen atoms in total. The number of hydrogen-bond acceptors (Lipinski definition) is 2. The average Bonchev–Trinajstić information content (AvgIpc) is 2.26. The van der Waals surface area contributed by atoms with Gasteiger partial charge in [0.2, 0.25) is 5.91 Å². The first-order valence-corrected chi connectivity index (χ1v) is 5.18. The van der Waals surface area contributed by atoms with Gasteiger partial charge in [-0.1, -0.05) is 31.2 Å². The molecule has 0 aliphatic rings. The number of carboxylic acids is 1. The summed E-state index contributed by atoms with van der Waals surface area (Å²) in [5, 5.41) is 10.9. The summed E-state index contributed by atoms with van der Waals surface area (Å²) in [6.07, 6.45) is 0.499. The van der Waals surface area contributed by atoms with Crippen molar-refractivity contribution < 1.29 is 14.7 Å². The number of carbonyl (C=O) groups excluding carboxylic acids is 1. The van der Waals surface area contributed by atoms with Crippen LogP contribution in [-0.2, 0) is 22.6 Å². The summed E-state index contributed by atoms with van der Waals surface area (Å²) in [4.78, 5) is 21.3. The third-order valence-electron chi connectivity index (χ3n) is 2.23. The molecular formula is C12H15NO3. The number of hydrogen-bond donors (Lipinski definition) is 2. The Morgan fingerprint density at radius 1 is 1.19 bits per heavy atom. The summed E-state index contributed by atoms with van der Waals surface area (Å²) in [6, 6.07) is 7.86. The monoisotopic (exact) mass is 221 g/mol. The number of amides is 1. The van der Waals surface area contributed by atoms with Gasteiger partial charge >= 0.3 is 5.97 Å². The summed E-state index contributed by atoms with van der Waals surface area (Å²) >= 11 is 0. The molecule has 2 N–H and O–H groups in total. The average molecular weight is 221 g/mol. The predicted octanol–water partition coefficient (Wildman–Crippen LogP) is 1.34. The second kappa shape index (κ2) is 5.90. The SMILES string of the molecule is CCc1ccc(CNC(=O)CC(=O)O)cc1. The van der Waals surface area contributed by atoms with Crippen LogP contribution >= 0.6 is 0 Å². The summed E-state index contributed by atoms with van der Waals surface area (Å²) in [6.45, 7) is 2.44. The fraction of sp³-hybridized carbons (Fsp3) is 0.333. The third-order valence-corrected chi connectivity index (χ3v) is 2.23. The Morgan fingerprint density at radius 3 is 2.25 bits per heavy atom. The van der Waals surface area contributed by atoms with Gasteiger partial charge in [0.15, 0.2) is 0 Å². The molecule has 0 radical (unpaired) electrons. The number of rotatable bonds is 5. The number of aliphatic carboxylic acids is 1.